The number of halogens is 1. The van der Waals surface area contributed by atoms with Crippen LogP contribution in [0.5, 0.6) is 0 Å². The molecule has 0 aromatic heterocycles. The number of anilines is 1. The summed E-state index contributed by atoms with van der Waals surface area (Å²) in [6.45, 7) is 4.17. The van der Waals surface area contributed by atoms with Gasteiger partial charge in [-0.05, 0) is 56.9 Å². The predicted molar refractivity (Wildman–Crippen MR) is 101 cm³/mol. The maximum absolute atomic E-state index is 13.1. The molecule has 1 aromatic rings. The minimum atomic E-state index is -0.807. The zero-order valence-corrected chi connectivity index (χ0v) is 16.8. The van der Waals surface area contributed by atoms with Gasteiger partial charge in [-0.1, -0.05) is 15.9 Å². The molecule has 0 atom stereocenters. The van der Waals surface area contributed by atoms with Gasteiger partial charge in [0.1, 0.15) is 5.54 Å². The Hall–Kier alpha value is -1.89. The van der Waals surface area contributed by atoms with Crippen LogP contribution in [0, 0.1) is 0 Å². The van der Waals surface area contributed by atoms with Gasteiger partial charge in [-0.15, -0.1) is 0 Å². The van der Waals surface area contributed by atoms with E-state index in [1.807, 2.05) is 32.0 Å². The Balaban J connectivity index is 1.77. The number of carbonyl (C=O) groups is 3. The van der Waals surface area contributed by atoms with Crippen LogP contribution < -0.4 is 10.2 Å². The summed E-state index contributed by atoms with van der Waals surface area (Å²) >= 11 is 3.46. The number of hydrogen-bond acceptors (Lipinski definition) is 4. The number of methoxy groups -OCH3 is 1. The van der Waals surface area contributed by atoms with E-state index in [4.69, 9.17) is 0 Å². The second-order valence-electron chi connectivity index (χ2n) is 7.39. The van der Waals surface area contributed by atoms with Crippen LogP contribution in [-0.2, 0) is 24.5 Å². The molecule has 1 aliphatic carbocycles. The minimum absolute atomic E-state index is 0.0483. The summed E-state index contributed by atoms with van der Waals surface area (Å²) in [7, 11) is 1.34. The summed E-state index contributed by atoms with van der Waals surface area (Å²) in [5.41, 5.74) is 0.269. The van der Waals surface area contributed by atoms with E-state index in [1.165, 1.54) is 7.11 Å². The van der Waals surface area contributed by atoms with Crippen molar-refractivity contribution in [2.75, 3.05) is 18.6 Å². The molecule has 1 heterocycles. The van der Waals surface area contributed by atoms with E-state index < -0.39 is 11.0 Å². The number of ether oxygens (including phenoxy) is 1. The van der Waals surface area contributed by atoms with E-state index in [9.17, 15) is 14.4 Å². The van der Waals surface area contributed by atoms with Crippen molar-refractivity contribution in [3.05, 3.63) is 28.2 Å². The number of esters is 1. The van der Waals surface area contributed by atoms with Gasteiger partial charge in [0.25, 0.3) is 0 Å². The molecular weight excluding hydrogens is 400 g/mol. The molecular formula is C19H23BrN2O4. The van der Waals surface area contributed by atoms with Gasteiger partial charge < -0.3 is 10.1 Å². The molecule has 6 nitrogen and oxygen atoms in total. The smallest absolute Gasteiger partial charge is 0.305 e. The summed E-state index contributed by atoms with van der Waals surface area (Å²) in [4.78, 5) is 38.8. The van der Waals surface area contributed by atoms with Crippen LogP contribution in [0.4, 0.5) is 5.69 Å². The van der Waals surface area contributed by atoms with Crippen molar-refractivity contribution in [1.82, 2.24) is 5.32 Å². The molecule has 1 saturated carbocycles. The lowest BCUT2D eigenvalue weighted by Gasteiger charge is -2.29. The SMILES string of the molecule is COC(=O)CCCNC(=O)C1(N2C(=O)C(C)(C)c3cc(Br)ccc32)CC1. The highest BCUT2D eigenvalue weighted by molar-refractivity contribution is 9.10. The molecule has 0 unspecified atom stereocenters. The van der Waals surface area contributed by atoms with Gasteiger partial charge in [0, 0.05) is 23.1 Å². The molecule has 0 radical (unpaired) electrons. The molecule has 0 bridgehead atoms. The summed E-state index contributed by atoms with van der Waals surface area (Å²) in [6.07, 6.45) is 2.06. The number of amides is 2. The average Bonchev–Trinajstić information content (AvgIpc) is 3.37. The van der Waals surface area contributed by atoms with E-state index in [0.717, 1.165) is 15.7 Å². The van der Waals surface area contributed by atoms with Gasteiger partial charge in [-0.2, -0.15) is 0 Å². The van der Waals surface area contributed by atoms with Crippen LogP contribution >= 0.6 is 15.9 Å². The van der Waals surface area contributed by atoms with Gasteiger partial charge >= 0.3 is 5.97 Å². The second-order valence-corrected chi connectivity index (χ2v) is 8.31. The van der Waals surface area contributed by atoms with E-state index >= 15 is 0 Å². The monoisotopic (exact) mass is 422 g/mol. The summed E-state index contributed by atoms with van der Waals surface area (Å²) in [5, 5.41) is 2.88. The Labute approximate surface area is 161 Å². The summed E-state index contributed by atoms with van der Waals surface area (Å²) in [6, 6.07) is 5.75. The fourth-order valence-corrected chi connectivity index (χ4v) is 3.87. The van der Waals surface area contributed by atoms with Gasteiger partial charge in [0.15, 0.2) is 0 Å². The Morgan fingerprint density at radius 3 is 2.62 bits per heavy atom. The van der Waals surface area contributed by atoms with Crippen molar-refractivity contribution < 1.29 is 19.1 Å². The molecule has 1 fully saturated rings. The van der Waals surface area contributed by atoms with E-state index in [2.05, 4.69) is 26.0 Å². The number of carbonyl (C=O) groups excluding carboxylic acids is 3. The largest absolute Gasteiger partial charge is 0.469 e. The fourth-order valence-electron chi connectivity index (χ4n) is 3.50. The maximum Gasteiger partial charge on any atom is 0.305 e. The Kier molecular flexibility index (Phi) is 4.86. The topological polar surface area (TPSA) is 75.7 Å². The van der Waals surface area contributed by atoms with E-state index in [1.54, 1.807) is 4.90 Å². The van der Waals surface area contributed by atoms with Crippen LogP contribution in [0.2, 0.25) is 0 Å². The number of fused-ring (bicyclic) bond motifs is 1. The highest BCUT2D eigenvalue weighted by atomic mass is 79.9. The summed E-state index contributed by atoms with van der Waals surface area (Å²) in [5.74, 6) is -0.494. The lowest BCUT2D eigenvalue weighted by Crippen LogP contribution is -2.53. The number of benzene rings is 1. The molecule has 1 aromatic carbocycles. The first-order valence-corrected chi connectivity index (χ1v) is 9.53. The zero-order chi connectivity index (χ0) is 19.1. The number of nitrogens with zero attached hydrogens (tertiary/aromatic N) is 1. The molecule has 0 saturated heterocycles. The normalized spacial score (nSPS) is 19.1. The quantitative estimate of drug-likeness (QED) is 0.564. The number of rotatable bonds is 6. The van der Waals surface area contributed by atoms with Gasteiger partial charge in [-0.25, -0.2) is 0 Å². The third-order valence-corrected chi connectivity index (χ3v) is 5.75. The molecule has 1 aliphatic heterocycles. The molecule has 1 N–H and O–H groups in total. The van der Waals surface area contributed by atoms with Crippen LogP contribution in [0.3, 0.4) is 0 Å². The van der Waals surface area contributed by atoms with Crippen molar-refractivity contribution in [3.63, 3.8) is 0 Å². The van der Waals surface area contributed by atoms with Crippen LogP contribution in [0.25, 0.3) is 0 Å². The first kappa shape index (κ1) is 18.9. The van der Waals surface area contributed by atoms with E-state index in [0.29, 0.717) is 25.8 Å². The maximum atomic E-state index is 13.1. The fraction of sp³-hybridized carbons (Fsp3) is 0.526. The summed E-state index contributed by atoms with van der Waals surface area (Å²) < 4.78 is 5.51. The van der Waals surface area contributed by atoms with E-state index in [-0.39, 0.29) is 24.2 Å². The lowest BCUT2D eigenvalue weighted by molar-refractivity contribution is -0.140. The molecule has 140 valence electrons. The van der Waals surface area contributed by atoms with Crippen LogP contribution in [-0.4, -0.2) is 37.0 Å². The molecule has 26 heavy (non-hydrogen) atoms. The minimum Gasteiger partial charge on any atom is -0.469 e. The molecule has 2 aliphatic rings. The Bertz CT molecular complexity index is 771. The third-order valence-electron chi connectivity index (χ3n) is 5.26. The first-order valence-electron chi connectivity index (χ1n) is 8.74. The van der Waals surface area contributed by atoms with Gasteiger partial charge in [0.2, 0.25) is 11.8 Å². The second kappa shape index (κ2) is 6.68. The zero-order valence-electron chi connectivity index (χ0n) is 15.2. The van der Waals surface area contributed by atoms with Crippen molar-refractivity contribution in [1.29, 1.82) is 0 Å². The molecule has 2 amide bonds. The first-order chi connectivity index (χ1) is 12.2. The highest BCUT2D eigenvalue weighted by Crippen LogP contribution is 2.53. The standard InChI is InChI=1S/C19H23BrN2O4/c1-18(2)13-11-12(20)6-7-14(13)22(17(18)25)19(8-9-19)16(24)21-10-4-5-15(23)26-3/h6-7,11H,4-5,8-10H2,1-3H3,(H,21,24). The molecule has 0 spiro atoms. The van der Waals surface area contributed by atoms with Crippen LogP contribution in [0.15, 0.2) is 22.7 Å². The molecule has 7 heteroatoms. The Morgan fingerprint density at radius 2 is 2.00 bits per heavy atom. The third kappa shape index (κ3) is 3.02. The average molecular weight is 423 g/mol. The molecule has 3 rings (SSSR count). The van der Waals surface area contributed by atoms with Crippen molar-refractivity contribution in [2.45, 2.75) is 50.5 Å². The van der Waals surface area contributed by atoms with Gasteiger partial charge in [-0.3, -0.25) is 19.3 Å². The highest BCUT2D eigenvalue weighted by Gasteiger charge is 2.62. The van der Waals surface area contributed by atoms with Crippen molar-refractivity contribution in [3.8, 4) is 0 Å². The lowest BCUT2D eigenvalue weighted by atomic mass is 9.86. The Morgan fingerprint density at radius 1 is 1.31 bits per heavy atom. The predicted octanol–water partition coefficient (Wildman–Crippen LogP) is 2.68. The number of nitrogens with one attached hydrogen (secondary N) is 1. The van der Waals surface area contributed by atoms with Crippen molar-refractivity contribution in [2.24, 2.45) is 0 Å². The van der Waals surface area contributed by atoms with Crippen molar-refractivity contribution >= 4 is 39.4 Å². The van der Waals surface area contributed by atoms with Gasteiger partial charge in [0.05, 0.1) is 12.5 Å². The number of hydrogen-bond donors (Lipinski definition) is 1. The van der Waals surface area contributed by atoms with Crippen LogP contribution in [0.1, 0.15) is 45.1 Å².